The number of H-pyrrole nitrogens is 2. The van der Waals surface area contributed by atoms with Gasteiger partial charge in [0.2, 0.25) is 0 Å². The van der Waals surface area contributed by atoms with Crippen LogP contribution in [0.2, 0.25) is 0 Å². The lowest BCUT2D eigenvalue weighted by Crippen LogP contribution is -2.35. The van der Waals surface area contributed by atoms with E-state index in [4.69, 9.17) is 9.47 Å². The molecule has 2 aromatic heterocycles. The maximum absolute atomic E-state index is 12.7. The molecule has 3 heterocycles. The molecule has 0 atom stereocenters. The average Bonchev–Trinajstić information content (AvgIpc) is 3.66. The maximum Gasteiger partial charge on any atom is 0.287 e. The third kappa shape index (κ3) is 3.39. The maximum atomic E-state index is 12.7. The molecule has 3 aromatic rings. The smallest absolute Gasteiger partial charge is 0.287 e. The molecule has 2 saturated carbocycles. The second kappa shape index (κ2) is 6.56. The molecule has 2 aliphatic carbocycles. The number of hydrogen-bond acceptors (Lipinski definition) is 6. The van der Waals surface area contributed by atoms with Gasteiger partial charge in [-0.25, -0.2) is 5.10 Å². The number of anilines is 1. The lowest BCUT2D eigenvalue weighted by atomic mass is 10.1. The molecule has 0 amide bonds. The van der Waals surface area contributed by atoms with E-state index in [9.17, 15) is 4.79 Å². The zero-order chi connectivity index (χ0) is 21.2. The molecule has 8 nitrogen and oxygen atoms in total. The number of benzene rings is 1. The monoisotopic (exact) mass is 421 g/mol. The van der Waals surface area contributed by atoms with Crippen LogP contribution in [0.3, 0.4) is 0 Å². The first kappa shape index (κ1) is 18.9. The third-order valence-electron chi connectivity index (χ3n) is 6.93. The molecule has 1 aromatic carbocycles. The molecule has 2 N–H and O–H groups in total. The summed E-state index contributed by atoms with van der Waals surface area (Å²) >= 11 is 0. The predicted octanol–water partition coefficient (Wildman–Crippen LogP) is 3.17. The number of aryl methyl sites for hydroxylation is 1. The van der Waals surface area contributed by atoms with Gasteiger partial charge < -0.3 is 14.4 Å². The van der Waals surface area contributed by atoms with Crippen molar-refractivity contribution in [3.63, 3.8) is 0 Å². The normalized spacial score (nSPS) is 21.3. The minimum Gasteiger partial charge on any atom is -0.487 e. The predicted molar refractivity (Wildman–Crippen MR) is 118 cm³/mol. The Hall–Kier alpha value is -2.87. The number of rotatable bonds is 4. The van der Waals surface area contributed by atoms with Gasteiger partial charge in [0.25, 0.3) is 5.56 Å². The summed E-state index contributed by atoms with van der Waals surface area (Å²) in [7, 11) is 0. The Morgan fingerprint density at radius 3 is 2.74 bits per heavy atom. The first-order chi connectivity index (χ1) is 14.9. The molecule has 3 fully saturated rings. The van der Waals surface area contributed by atoms with Crippen molar-refractivity contribution in [2.75, 3.05) is 31.2 Å². The van der Waals surface area contributed by atoms with Gasteiger partial charge in [-0.1, -0.05) is 0 Å². The summed E-state index contributed by atoms with van der Waals surface area (Å²) in [5, 5.41) is 15.6. The molecule has 162 valence electrons. The van der Waals surface area contributed by atoms with E-state index in [-0.39, 0.29) is 16.6 Å². The first-order valence-corrected chi connectivity index (χ1v) is 11.0. The van der Waals surface area contributed by atoms with Crippen LogP contribution < -0.4 is 15.2 Å². The van der Waals surface area contributed by atoms with Crippen molar-refractivity contribution >= 4 is 16.6 Å². The van der Waals surface area contributed by atoms with Crippen molar-refractivity contribution in [2.45, 2.75) is 45.1 Å². The van der Waals surface area contributed by atoms with Crippen molar-refractivity contribution in [1.82, 2.24) is 20.4 Å². The Kier molecular flexibility index (Phi) is 3.99. The summed E-state index contributed by atoms with van der Waals surface area (Å²) in [4.78, 5) is 14.8. The highest BCUT2D eigenvalue weighted by Gasteiger charge is 2.45. The highest BCUT2D eigenvalue weighted by molar-refractivity contribution is 5.93. The third-order valence-corrected chi connectivity index (χ3v) is 6.93. The van der Waals surface area contributed by atoms with Crippen LogP contribution in [0.1, 0.15) is 38.2 Å². The highest BCUT2D eigenvalue weighted by Crippen LogP contribution is 2.47. The van der Waals surface area contributed by atoms with Crippen LogP contribution >= 0.6 is 0 Å². The highest BCUT2D eigenvalue weighted by atomic mass is 16.5. The molecule has 3 aliphatic rings. The van der Waals surface area contributed by atoms with Crippen LogP contribution in [0, 0.1) is 12.3 Å². The molecular formula is C23H27N5O3. The quantitative estimate of drug-likeness (QED) is 0.672. The first-order valence-electron chi connectivity index (χ1n) is 11.0. The van der Waals surface area contributed by atoms with Gasteiger partial charge in [-0.15, -0.1) is 0 Å². The van der Waals surface area contributed by atoms with E-state index in [0.29, 0.717) is 30.2 Å². The molecule has 8 heteroatoms. The largest absolute Gasteiger partial charge is 0.487 e. The van der Waals surface area contributed by atoms with Crippen molar-refractivity contribution < 1.29 is 9.47 Å². The summed E-state index contributed by atoms with van der Waals surface area (Å²) in [6.07, 6.45) is 4.47. The molecule has 0 bridgehead atoms. The molecule has 1 spiro atoms. The molecule has 0 unspecified atom stereocenters. The Labute approximate surface area is 179 Å². The number of ether oxygens (including phenoxy) is 2. The number of nitrogens with one attached hydrogen (secondary N) is 2. The SMILES string of the molecule is Cc1cc2[nH]nc(-c3cc(N4CCOCC5(CC5)C4)c(=O)[nH]n3)c2cc1OC1(C)CC1. The van der Waals surface area contributed by atoms with Crippen molar-refractivity contribution in [2.24, 2.45) is 5.41 Å². The van der Waals surface area contributed by atoms with E-state index in [2.05, 4.69) is 38.3 Å². The summed E-state index contributed by atoms with van der Waals surface area (Å²) in [5.41, 5.74) is 3.96. The lowest BCUT2D eigenvalue weighted by molar-refractivity contribution is 0.116. The van der Waals surface area contributed by atoms with Crippen LogP contribution in [0.4, 0.5) is 5.69 Å². The molecule has 0 radical (unpaired) electrons. The van der Waals surface area contributed by atoms with Gasteiger partial charge in [0.1, 0.15) is 28.4 Å². The van der Waals surface area contributed by atoms with Gasteiger partial charge >= 0.3 is 0 Å². The van der Waals surface area contributed by atoms with Crippen LogP contribution in [-0.2, 0) is 4.74 Å². The molecule has 6 rings (SSSR count). The van der Waals surface area contributed by atoms with Gasteiger partial charge in [0, 0.05) is 23.9 Å². The van der Waals surface area contributed by atoms with Crippen molar-refractivity contribution in [1.29, 1.82) is 0 Å². The summed E-state index contributed by atoms with van der Waals surface area (Å²) in [6.45, 7) is 7.14. The number of hydrogen-bond donors (Lipinski definition) is 2. The molecule has 1 aliphatic heterocycles. The van der Waals surface area contributed by atoms with E-state index in [1.165, 1.54) is 0 Å². The molecular weight excluding hydrogens is 394 g/mol. The fraction of sp³-hybridized carbons (Fsp3) is 0.522. The minimum absolute atomic E-state index is 0.0562. The Morgan fingerprint density at radius 2 is 1.97 bits per heavy atom. The lowest BCUT2D eigenvalue weighted by Gasteiger charge is -2.24. The van der Waals surface area contributed by atoms with Crippen molar-refractivity contribution in [3.8, 4) is 17.1 Å². The molecule has 1 saturated heterocycles. The summed E-state index contributed by atoms with van der Waals surface area (Å²) in [6, 6.07) is 5.96. The van der Waals surface area contributed by atoms with Gasteiger partial charge in [0.05, 0.1) is 18.7 Å². The van der Waals surface area contributed by atoms with E-state index >= 15 is 0 Å². The Morgan fingerprint density at radius 1 is 1.13 bits per heavy atom. The van der Waals surface area contributed by atoms with Crippen LogP contribution in [0.15, 0.2) is 23.0 Å². The van der Waals surface area contributed by atoms with Crippen LogP contribution in [-0.4, -0.2) is 52.3 Å². The number of fused-ring (bicyclic) bond motifs is 1. The van der Waals surface area contributed by atoms with Gasteiger partial charge in [-0.05, 0) is 63.3 Å². The van der Waals surface area contributed by atoms with Crippen LogP contribution in [0.5, 0.6) is 5.75 Å². The second-order valence-corrected chi connectivity index (χ2v) is 9.73. The number of aromatic nitrogens is 4. The average molecular weight is 422 g/mol. The summed E-state index contributed by atoms with van der Waals surface area (Å²) < 4.78 is 12.0. The minimum atomic E-state index is -0.178. The van der Waals surface area contributed by atoms with Crippen molar-refractivity contribution in [3.05, 3.63) is 34.1 Å². The van der Waals surface area contributed by atoms with Gasteiger partial charge in [0.15, 0.2) is 0 Å². The fourth-order valence-corrected chi connectivity index (χ4v) is 4.43. The zero-order valence-corrected chi connectivity index (χ0v) is 18.0. The van der Waals surface area contributed by atoms with E-state index in [1.54, 1.807) is 0 Å². The summed E-state index contributed by atoms with van der Waals surface area (Å²) in [5.74, 6) is 0.875. The zero-order valence-electron chi connectivity index (χ0n) is 18.0. The number of aromatic amines is 2. The van der Waals surface area contributed by atoms with E-state index in [1.807, 2.05) is 19.1 Å². The van der Waals surface area contributed by atoms with Crippen LogP contribution in [0.25, 0.3) is 22.3 Å². The topological polar surface area (TPSA) is 96.1 Å². The fourth-order valence-electron chi connectivity index (χ4n) is 4.43. The van der Waals surface area contributed by atoms with E-state index in [0.717, 1.165) is 61.1 Å². The van der Waals surface area contributed by atoms with E-state index < -0.39 is 0 Å². The van der Waals surface area contributed by atoms with Gasteiger partial charge in [-0.2, -0.15) is 10.2 Å². The Balaban J connectivity index is 1.39. The second-order valence-electron chi connectivity index (χ2n) is 9.73. The molecule has 31 heavy (non-hydrogen) atoms. The standard InChI is InChI=1S/C23H27N5O3/c1-14-9-16-15(10-19(14)31-22(2)3-4-22)20(26-24-16)17-11-18(21(29)27-25-17)28-7-8-30-13-23(12-28)5-6-23/h9-11H,3-8,12-13H2,1-2H3,(H,24,26)(H,27,29). The number of nitrogens with zero attached hydrogens (tertiary/aromatic N) is 3. The van der Waals surface area contributed by atoms with Gasteiger partial charge in [-0.3, -0.25) is 9.89 Å². The Bertz CT molecular complexity index is 1220.